The number of carbonyl (C=O) groups is 1. The first-order chi connectivity index (χ1) is 9.56. The number of hydrogen-bond acceptors (Lipinski definition) is 2. The summed E-state index contributed by atoms with van der Waals surface area (Å²) in [6.45, 7) is 5.74. The Kier molecular flexibility index (Phi) is 5.12. The molecule has 1 aliphatic heterocycles. The standard InChI is InChI=1S/C16H23FN2O/c1-12(11-14-5-7-15(17)8-6-14)18-13(2)16(20)19-9-3-4-10-19/h5-8,12-13,18H,3-4,9-11H2,1-2H3. The van der Waals surface area contributed by atoms with Gasteiger partial charge in [0.05, 0.1) is 6.04 Å². The number of hydrogen-bond donors (Lipinski definition) is 1. The number of amides is 1. The van der Waals surface area contributed by atoms with E-state index in [1.165, 1.54) is 12.1 Å². The van der Waals surface area contributed by atoms with Gasteiger partial charge in [-0.05, 0) is 50.8 Å². The van der Waals surface area contributed by atoms with Crippen LogP contribution in [0.3, 0.4) is 0 Å². The molecule has 1 saturated heterocycles. The molecule has 20 heavy (non-hydrogen) atoms. The fourth-order valence-electron chi connectivity index (χ4n) is 2.74. The Morgan fingerprint density at radius 2 is 1.85 bits per heavy atom. The van der Waals surface area contributed by atoms with Gasteiger partial charge < -0.3 is 10.2 Å². The van der Waals surface area contributed by atoms with E-state index in [1.807, 2.05) is 11.8 Å². The second-order valence-corrected chi connectivity index (χ2v) is 5.65. The predicted molar refractivity (Wildman–Crippen MR) is 78.0 cm³/mol. The molecule has 0 spiro atoms. The van der Waals surface area contributed by atoms with E-state index in [9.17, 15) is 9.18 Å². The van der Waals surface area contributed by atoms with E-state index >= 15 is 0 Å². The van der Waals surface area contributed by atoms with Crippen molar-refractivity contribution in [1.29, 1.82) is 0 Å². The molecule has 1 amide bonds. The topological polar surface area (TPSA) is 32.3 Å². The molecule has 0 radical (unpaired) electrons. The fourth-order valence-corrected chi connectivity index (χ4v) is 2.74. The summed E-state index contributed by atoms with van der Waals surface area (Å²) in [4.78, 5) is 14.1. The molecule has 1 N–H and O–H groups in total. The van der Waals surface area contributed by atoms with Crippen molar-refractivity contribution in [1.82, 2.24) is 10.2 Å². The van der Waals surface area contributed by atoms with Gasteiger partial charge in [-0.15, -0.1) is 0 Å². The number of halogens is 1. The number of nitrogens with one attached hydrogen (secondary N) is 1. The van der Waals surface area contributed by atoms with Crippen LogP contribution in [0.25, 0.3) is 0 Å². The van der Waals surface area contributed by atoms with Crippen LogP contribution in [0.1, 0.15) is 32.3 Å². The van der Waals surface area contributed by atoms with Gasteiger partial charge in [0, 0.05) is 19.1 Å². The van der Waals surface area contributed by atoms with Crippen molar-refractivity contribution >= 4 is 5.91 Å². The summed E-state index contributed by atoms with van der Waals surface area (Å²) in [5.41, 5.74) is 1.08. The Morgan fingerprint density at radius 1 is 1.25 bits per heavy atom. The highest BCUT2D eigenvalue weighted by Crippen LogP contribution is 2.10. The molecular formula is C16H23FN2O. The first-order valence-corrected chi connectivity index (χ1v) is 7.35. The maximum atomic E-state index is 12.8. The lowest BCUT2D eigenvalue weighted by Gasteiger charge is -2.24. The van der Waals surface area contributed by atoms with E-state index in [0.29, 0.717) is 0 Å². The predicted octanol–water partition coefficient (Wildman–Crippen LogP) is 2.36. The van der Waals surface area contributed by atoms with Crippen molar-refractivity contribution in [3.8, 4) is 0 Å². The molecule has 1 fully saturated rings. The van der Waals surface area contributed by atoms with Crippen molar-refractivity contribution in [3.05, 3.63) is 35.6 Å². The second-order valence-electron chi connectivity index (χ2n) is 5.65. The first kappa shape index (κ1) is 15.0. The first-order valence-electron chi connectivity index (χ1n) is 7.35. The lowest BCUT2D eigenvalue weighted by molar-refractivity contribution is -0.132. The highest BCUT2D eigenvalue weighted by molar-refractivity contribution is 5.81. The van der Waals surface area contributed by atoms with E-state index in [2.05, 4.69) is 12.2 Å². The maximum absolute atomic E-state index is 12.8. The van der Waals surface area contributed by atoms with Crippen molar-refractivity contribution < 1.29 is 9.18 Å². The smallest absolute Gasteiger partial charge is 0.239 e. The third kappa shape index (κ3) is 4.04. The van der Waals surface area contributed by atoms with Gasteiger partial charge in [-0.2, -0.15) is 0 Å². The summed E-state index contributed by atoms with van der Waals surface area (Å²) in [6.07, 6.45) is 3.02. The quantitative estimate of drug-likeness (QED) is 0.896. The summed E-state index contributed by atoms with van der Waals surface area (Å²) in [5, 5.41) is 3.33. The van der Waals surface area contributed by atoms with E-state index in [1.54, 1.807) is 12.1 Å². The van der Waals surface area contributed by atoms with Crippen LogP contribution >= 0.6 is 0 Å². The van der Waals surface area contributed by atoms with Crippen LogP contribution in [0.2, 0.25) is 0 Å². The van der Waals surface area contributed by atoms with Crippen LogP contribution in [0.4, 0.5) is 4.39 Å². The summed E-state index contributed by atoms with van der Waals surface area (Å²) < 4.78 is 12.8. The molecule has 0 bridgehead atoms. The normalized spacial score (nSPS) is 18.1. The summed E-state index contributed by atoms with van der Waals surface area (Å²) in [6, 6.07) is 6.55. The van der Waals surface area contributed by atoms with Crippen LogP contribution in [-0.4, -0.2) is 36.0 Å². The highest BCUT2D eigenvalue weighted by Gasteiger charge is 2.23. The van der Waals surface area contributed by atoms with E-state index < -0.39 is 0 Å². The molecule has 2 unspecified atom stereocenters. The molecule has 4 heteroatoms. The van der Waals surface area contributed by atoms with Gasteiger partial charge >= 0.3 is 0 Å². The van der Waals surface area contributed by atoms with Gasteiger partial charge in [-0.25, -0.2) is 4.39 Å². The van der Waals surface area contributed by atoms with Crippen molar-refractivity contribution in [2.45, 2.75) is 45.2 Å². The minimum Gasteiger partial charge on any atom is -0.341 e. The molecule has 1 aromatic carbocycles. The molecule has 3 nitrogen and oxygen atoms in total. The Labute approximate surface area is 120 Å². The molecule has 1 aromatic rings. The summed E-state index contributed by atoms with van der Waals surface area (Å²) in [7, 11) is 0. The fraction of sp³-hybridized carbons (Fsp3) is 0.562. The molecule has 1 heterocycles. The van der Waals surface area contributed by atoms with Crippen molar-refractivity contribution in [2.24, 2.45) is 0 Å². The van der Waals surface area contributed by atoms with E-state index in [0.717, 1.165) is 37.9 Å². The lowest BCUT2D eigenvalue weighted by Crippen LogP contribution is -2.47. The van der Waals surface area contributed by atoms with E-state index in [-0.39, 0.29) is 23.8 Å². The van der Waals surface area contributed by atoms with Gasteiger partial charge in [0.15, 0.2) is 0 Å². The number of benzene rings is 1. The molecule has 110 valence electrons. The molecule has 1 aliphatic rings. The van der Waals surface area contributed by atoms with Gasteiger partial charge in [0.2, 0.25) is 5.91 Å². The Balaban J connectivity index is 1.82. The average molecular weight is 278 g/mol. The van der Waals surface area contributed by atoms with Gasteiger partial charge in [0.25, 0.3) is 0 Å². The zero-order valence-corrected chi connectivity index (χ0v) is 12.2. The SMILES string of the molecule is CC(Cc1ccc(F)cc1)NC(C)C(=O)N1CCCC1. The van der Waals surface area contributed by atoms with Gasteiger partial charge in [-0.3, -0.25) is 4.79 Å². The minimum absolute atomic E-state index is 0.163. The maximum Gasteiger partial charge on any atom is 0.239 e. The molecule has 0 aliphatic carbocycles. The molecule has 2 atom stereocenters. The lowest BCUT2D eigenvalue weighted by atomic mass is 10.1. The second kappa shape index (κ2) is 6.84. The minimum atomic E-state index is -0.216. The summed E-state index contributed by atoms with van der Waals surface area (Å²) >= 11 is 0. The molecule has 0 aromatic heterocycles. The average Bonchev–Trinajstić information content (AvgIpc) is 2.94. The Morgan fingerprint density at radius 3 is 2.45 bits per heavy atom. The van der Waals surface area contributed by atoms with Crippen LogP contribution in [-0.2, 0) is 11.2 Å². The number of likely N-dealkylation sites (tertiary alicyclic amines) is 1. The molecule has 2 rings (SSSR count). The van der Waals surface area contributed by atoms with Crippen molar-refractivity contribution in [2.75, 3.05) is 13.1 Å². The van der Waals surface area contributed by atoms with Crippen LogP contribution in [0.15, 0.2) is 24.3 Å². The number of carbonyl (C=O) groups excluding carboxylic acids is 1. The Hall–Kier alpha value is -1.42. The van der Waals surface area contributed by atoms with Crippen LogP contribution < -0.4 is 5.32 Å². The van der Waals surface area contributed by atoms with E-state index in [4.69, 9.17) is 0 Å². The summed E-state index contributed by atoms with van der Waals surface area (Å²) in [5.74, 6) is -0.0274. The molecular weight excluding hydrogens is 255 g/mol. The third-order valence-corrected chi connectivity index (χ3v) is 3.78. The third-order valence-electron chi connectivity index (χ3n) is 3.78. The van der Waals surface area contributed by atoms with Crippen LogP contribution in [0.5, 0.6) is 0 Å². The zero-order valence-electron chi connectivity index (χ0n) is 12.2. The largest absolute Gasteiger partial charge is 0.341 e. The van der Waals surface area contributed by atoms with Gasteiger partial charge in [-0.1, -0.05) is 12.1 Å². The van der Waals surface area contributed by atoms with Crippen molar-refractivity contribution in [3.63, 3.8) is 0 Å². The molecule has 0 saturated carbocycles. The zero-order chi connectivity index (χ0) is 14.5. The Bertz CT molecular complexity index is 440. The monoisotopic (exact) mass is 278 g/mol. The number of nitrogens with zero attached hydrogens (tertiary/aromatic N) is 1. The van der Waals surface area contributed by atoms with Crippen LogP contribution in [0, 0.1) is 5.82 Å². The number of rotatable bonds is 5. The highest BCUT2D eigenvalue weighted by atomic mass is 19.1. The van der Waals surface area contributed by atoms with Gasteiger partial charge in [0.1, 0.15) is 5.82 Å².